The molecule has 0 radical (unpaired) electrons. The van der Waals surface area contributed by atoms with Crippen LogP contribution >= 0.6 is 0 Å². The molecular weight excluding hydrogens is 234 g/mol. The lowest BCUT2D eigenvalue weighted by molar-refractivity contribution is 0.178. The zero-order valence-electron chi connectivity index (χ0n) is 12.8. The SMILES string of the molecule is CC(C)C(CNC1CCN2CCCC12)N1CCCC1. The topological polar surface area (TPSA) is 18.5 Å². The molecule has 19 heavy (non-hydrogen) atoms. The van der Waals surface area contributed by atoms with Gasteiger partial charge in [0.1, 0.15) is 0 Å². The van der Waals surface area contributed by atoms with Crippen molar-refractivity contribution in [3.63, 3.8) is 0 Å². The average Bonchev–Trinajstić information content (AvgIpc) is 3.05. The molecule has 0 saturated carbocycles. The van der Waals surface area contributed by atoms with Crippen LogP contribution in [0.4, 0.5) is 0 Å². The molecule has 110 valence electrons. The van der Waals surface area contributed by atoms with Gasteiger partial charge in [-0.25, -0.2) is 0 Å². The van der Waals surface area contributed by atoms with Gasteiger partial charge >= 0.3 is 0 Å². The highest BCUT2D eigenvalue weighted by molar-refractivity contribution is 4.96. The lowest BCUT2D eigenvalue weighted by Crippen LogP contribution is -2.49. The van der Waals surface area contributed by atoms with E-state index in [-0.39, 0.29) is 0 Å². The number of rotatable bonds is 5. The van der Waals surface area contributed by atoms with E-state index in [0.29, 0.717) is 0 Å². The van der Waals surface area contributed by atoms with Crippen molar-refractivity contribution >= 4 is 0 Å². The van der Waals surface area contributed by atoms with Gasteiger partial charge in [-0.1, -0.05) is 13.8 Å². The molecule has 0 aromatic carbocycles. The van der Waals surface area contributed by atoms with Crippen LogP contribution in [0.25, 0.3) is 0 Å². The quantitative estimate of drug-likeness (QED) is 0.819. The zero-order chi connectivity index (χ0) is 13.2. The normalized spacial score (nSPS) is 34.3. The van der Waals surface area contributed by atoms with Crippen LogP contribution in [0.3, 0.4) is 0 Å². The van der Waals surface area contributed by atoms with Gasteiger partial charge < -0.3 is 5.32 Å². The van der Waals surface area contributed by atoms with E-state index in [1.54, 1.807) is 0 Å². The summed E-state index contributed by atoms with van der Waals surface area (Å²) >= 11 is 0. The molecule has 3 rings (SSSR count). The minimum Gasteiger partial charge on any atom is -0.311 e. The van der Waals surface area contributed by atoms with Crippen molar-refractivity contribution < 1.29 is 0 Å². The molecule has 3 aliphatic heterocycles. The molecular formula is C16H31N3. The van der Waals surface area contributed by atoms with Crippen molar-refractivity contribution in [2.45, 2.75) is 64.1 Å². The first-order valence-corrected chi connectivity index (χ1v) is 8.47. The first-order valence-electron chi connectivity index (χ1n) is 8.47. The van der Waals surface area contributed by atoms with Gasteiger partial charge in [-0.2, -0.15) is 0 Å². The maximum absolute atomic E-state index is 3.93. The maximum atomic E-state index is 3.93. The summed E-state index contributed by atoms with van der Waals surface area (Å²) in [5.41, 5.74) is 0. The predicted octanol–water partition coefficient (Wildman–Crippen LogP) is 1.93. The second kappa shape index (κ2) is 6.11. The number of hydrogen-bond donors (Lipinski definition) is 1. The van der Waals surface area contributed by atoms with Gasteiger partial charge in [0.25, 0.3) is 0 Å². The van der Waals surface area contributed by atoms with Crippen LogP contribution < -0.4 is 5.32 Å². The van der Waals surface area contributed by atoms with E-state index in [0.717, 1.165) is 24.0 Å². The van der Waals surface area contributed by atoms with Crippen LogP contribution in [-0.2, 0) is 0 Å². The highest BCUT2D eigenvalue weighted by Gasteiger charge is 2.37. The average molecular weight is 265 g/mol. The molecule has 3 nitrogen and oxygen atoms in total. The van der Waals surface area contributed by atoms with Crippen molar-refractivity contribution in [1.29, 1.82) is 0 Å². The van der Waals surface area contributed by atoms with Crippen molar-refractivity contribution in [3.8, 4) is 0 Å². The lowest BCUT2D eigenvalue weighted by Gasteiger charge is -2.33. The van der Waals surface area contributed by atoms with E-state index >= 15 is 0 Å². The fraction of sp³-hybridized carbons (Fsp3) is 1.00. The Balaban J connectivity index is 1.51. The van der Waals surface area contributed by atoms with Gasteiger partial charge in [0.15, 0.2) is 0 Å². The minimum absolute atomic E-state index is 0.748. The summed E-state index contributed by atoms with van der Waals surface area (Å²) in [5, 5.41) is 3.93. The largest absolute Gasteiger partial charge is 0.311 e. The molecule has 0 aromatic heterocycles. The fourth-order valence-electron chi connectivity index (χ4n) is 4.45. The van der Waals surface area contributed by atoms with Crippen LogP contribution in [0.2, 0.25) is 0 Å². The molecule has 0 spiro atoms. The third-order valence-electron chi connectivity index (χ3n) is 5.57. The number of hydrogen-bond acceptors (Lipinski definition) is 3. The van der Waals surface area contributed by atoms with Gasteiger partial charge in [-0.3, -0.25) is 9.80 Å². The second-order valence-corrected chi connectivity index (χ2v) is 7.10. The van der Waals surface area contributed by atoms with E-state index in [2.05, 4.69) is 29.0 Å². The number of nitrogens with zero attached hydrogens (tertiary/aromatic N) is 2. The van der Waals surface area contributed by atoms with Gasteiger partial charge in [-0.15, -0.1) is 0 Å². The molecule has 3 heteroatoms. The number of fused-ring (bicyclic) bond motifs is 1. The molecule has 0 aliphatic carbocycles. The first-order chi connectivity index (χ1) is 9.25. The van der Waals surface area contributed by atoms with Crippen molar-refractivity contribution in [2.24, 2.45) is 5.92 Å². The molecule has 3 atom stereocenters. The Hall–Kier alpha value is -0.120. The minimum atomic E-state index is 0.748. The first kappa shape index (κ1) is 13.8. The van der Waals surface area contributed by atoms with Gasteiger partial charge in [0.05, 0.1) is 0 Å². The van der Waals surface area contributed by atoms with E-state index in [9.17, 15) is 0 Å². The van der Waals surface area contributed by atoms with Crippen molar-refractivity contribution in [2.75, 3.05) is 32.7 Å². The Bertz CT molecular complexity index is 286. The highest BCUT2D eigenvalue weighted by Crippen LogP contribution is 2.28. The van der Waals surface area contributed by atoms with Gasteiger partial charge in [0.2, 0.25) is 0 Å². The fourth-order valence-corrected chi connectivity index (χ4v) is 4.45. The lowest BCUT2D eigenvalue weighted by atomic mass is 10.0. The molecule has 0 aromatic rings. The maximum Gasteiger partial charge on any atom is 0.0250 e. The Kier molecular flexibility index (Phi) is 4.45. The molecule has 0 amide bonds. The summed E-state index contributed by atoms with van der Waals surface area (Å²) in [6.45, 7) is 11.3. The molecule has 1 N–H and O–H groups in total. The summed E-state index contributed by atoms with van der Waals surface area (Å²) in [7, 11) is 0. The zero-order valence-corrected chi connectivity index (χ0v) is 12.8. The molecule has 3 unspecified atom stereocenters. The monoisotopic (exact) mass is 265 g/mol. The van der Waals surface area contributed by atoms with Crippen molar-refractivity contribution in [3.05, 3.63) is 0 Å². The van der Waals surface area contributed by atoms with Crippen LogP contribution in [-0.4, -0.2) is 60.6 Å². The van der Waals surface area contributed by atoms with Gasteiger partial charge in [-0.05, 0) is 57.7 Å². The molecule has 3 aliphatic rings. The van der Waals surface area contributed by atoms with E-state index < -0.39 is 0 Å². The molecule has 3 saturated heterocycles. The molecule has 0 bridgehead atoms. The Labute approximate surface area is 118 Å². The number of nitrogens with one attached hydrogen (secondary N) is 1. The van der Waals surface area contributed by atoms with E-state index in [1.807, 2.05) is 0 Å². The summed E-state index contributed by atoms with van der Waals surface area (Å²) in [6.07, 6.45) is 7.03. The third kappa shape index (κ3) is 2.98. The van der Waals surface area contributed by atoms with E-state index in [4.69, 9.17) is 0 Å². The van der Waals surface area contributed by atoms with Gasteiger partial charge in [0, 0.05) is 31.2 Å². The van der Waals surface area contributed by atoms with Crippen LogP contribution in [0.5, 0.6) is 0 Å². The number of likely N-dealkylation sites (tertiary alicyclic amines) is 1. The van der Waals surface area contributed by atoms with Crippen molar-refractivity contribution in [1.82, 2.24) is 15.1 Å². The molecule has 3 fully saturated rings. The van der Waals surface area contributed by atoms with Crippen LogP contribution in [0.1, 0.15) is 46.0 Å². The summed E-state index contributed by atoms with van der Waals surface area (Å²) in [4.78, 5) is 5.43. The van der Waals surface area contributed by atoms with Crippen LogP contribution in [0, 0.1) is 5.92 Å². The summed E-state index contributed by atoms with van der Waals surface area (Å²) in [6, 6.07) is 2.37. The Morgan fingerprint density at radius 2 is 1.79 bits per heavy atom. The Morgan fingerprint density at radius 3 is 2.53 bits per heavy atom. The van der Waals surface area contributed by atoms with Crippen LogP contribution in [0.15, 0.2) is 0 Å². The standard InChI is InChI=1S/C16H31N3/c1-13(2)16(18-8-3-4-9-18)12-17-14-7-11-19-10-5-6-15(14)19/h13-17H,3-12H2,1-2H3. The second-order valence-electron chi connectivity index (χ2n) is 7.10. The van der Waals surface area contributed by atoms with E-state index in [1.165, 1.54) is 64.8 Å². The summed E-state index contributed by atoms with van der Waals surface area (Å²) in [5.74, 6) is 0.770. The Morgan fingerprint density at radius 1 is 1.00 bits per heavy atom. The smallest absolute Gasteiger partial charge is 0.0250 e. The molecule has 3 heterocycles. The summed E-state index contributed by atoms with van der Waals surface area (Å²) < 4.78 is 0. The third-order valence-corrected chi connectivity index (χ3v) is 5.57. The highest BCUT2D eigenvalue weighted by atomic mass is 15.3. The predicted molar refractivity (Wildman–Crippen MR) is 80.4 cm³/mol.